The van der Waals surface area contributed by atoms with E-state index in [9.17, 15) is 4.79 Å². The number of hydrogen-bond donors (Lipinski definition) is 2. The molecule has 6 heteroatoms. The summed E-state index contributed by atoms with van der Waals surface area (Å²) in [7, 11) is 1.77. The van der Waals surface area contributed by atoms with Gasteiger partial charge in [-0.2, -0.15) is 0 Å². The van der Waals surface area contributed by atoms with E-state index in [1.54, 1.807) is 7.05 Å². The fourth-order valence-corrected chi connectivity index (χ4v) is 2.46. The minimum atomic E-state index is 0. The van der Waals surface area contributed by atoms with Crippen molar-refractivity contribution in [2.75, 3.05) is 26.7 Å². The number of likely N-dealkylation sites (tertiary alicyclic amines) is 1. The van der Waals surface area contributed by atoms with E-state index in [1.165, 1.54) is 37.1 Å². The van der Waals surface area contributed by atoms with Crippen LogP contribution in [-0.2, 0) is 17.9 Å². The van der Waals surface area contributed by atoms with E-state index >= 15 is 0 Å². The van der Waals surface area contributed by atoms with Crippen molar-refractivity contribution in [3.8, 4) is 0 Å². The Morgan fingerprint density at radius 1 is 1.19 bits per heavy atom. The largest absolute Gasteiger partial charge is 0.351 e. The Kier molecular flexibility index (Phi) is 10.4. The van der Waals surface area contributed by atoms with Crippen LogP contribution in [0.25, 0.3) is 0 Å². The summed E-state index contributed by atoms with van der Waals surface area (Å²) in [5.41, 5.74) is 2.50. The van der Waals surface area contributed by atoms with Crippen LogP contribution in [0.15, 0.2) is 24.3 Å². The van der Waals surface area contributed by atoms with Crippen LogP contribution in [0.5, 0.6) is 0 Å². The molecule has 0 saturated carbocycles. The van der Waals surface area contributed by atoms with E-state index < -0.39 is 0 Å². The van der Waals surface area contributed by atoms with Gasteiger partial charge < -0.3 is 10.6 Å². The number of hydrogen-bond acceptors (Lipinski definition) is 3. The Morgan fingerprint density at radius 3 is 2.52 bits per heavy atom. The lowest BCUT2D eigenvalue weighted by molar-refractivity contribution is -0.120. The number of benzene rings is 1. The summed E-state index contributed by atoms with van der Waals surface area (Å²) in [5, 5.41) is 5.75. The molecule has 1 saturated heterocycles. The van der Waals surface area contributed by atoms with Crippen molar-refractivity contribution >= 4 is 30.7 Å². The smallest absolute Gasteiger partial charge is 0.234 e. The van der Waals surface area contributed by atoms with Crippen molar-refractivity contribution in [3.63, 3.8) is 0 Å². The van der Waals surface area contributed by atoms with Crippen LogP contribution >= 0.6 is 24.8 Å². The summed E-state index contributed by atoms with van der Waals surface area (Å²) in [6.45, 7) is 4.42. The van der Waals surface area contributed by atoms with E-state index in [4.69, 9.17) is 0 Å². The summed E-state index contributed by atoms with van der Waals surface area (Å²) < 4.78 is 0. The van der Waals surface area contributed by atoms with Crippen molar-refractivity contribution in [2.24, 2.45) is 0 Å². The average molecular weight is 334 g/mol. The third-order valence-electron chi connectivity index (χ3n) is 3.42. The second-order valence-corrected chi connectivity index (χ2v) is 5.11. The predicted octanol–water partition coefficient (Wildman–Crippen LogP) is 1.96. The van der Waals surface area contributed by atoms with E-state index in [2.05, 4.69) is 39.8 Å². The zero-order valence-corrected chi connectivity index (χ0v) is 14.1. The van der Waals surface area contributed by atoms with E-state index in [1.807, 2.05) is 0 Å². The van der Waals surface area contributed by atoms with Crippen molar-refractivity contribution < 1.29 is 4.79 Å². The van der Waals surface area contributed by atoms with Gasteiger partial charge in [-0.1, -0.05) is 24.3 Å². The predicted molar refractivity (Wildman–Crippen MR) is 91.2 cm³/mol. The van der Waals surface area contributed by atoms with Gasteiger partial charge >= 0.3 is 0 Å². The molecule has 0 spiro atoms. The summed E-state index contributed by atoms with van der Waals surface area (Å²) in [6, 6.07) is 8.49. The summed E-state index contributed by atoms with van der Waals surface area (Å²) in [4.78, 5) is 13.9. The molecule has 120 valence electrons. The van der Waals surface area contributed by atoms with Crippen LogP contribution in [0.3, 0.4) is 0 Å². The van der Waals surface area contributed by atoms with Gasteiger partial charge in [0, 0.05) is 13.1 Å². The number of nitrogens with zero attached hydrogens (tertiary/aromatic N) is 1. The Bertz CT molecular complexity index is 423. The lowest BCUT2D eigenvalue weighted by Gasteiger charge is -2.15. The van der Waals surface area contributed by atoms with Crippen molar-refractivity contribution in [3.05, 3.63) is 35.4 Å². The highest BCUT2D eigenvalue weighted by atomic mass is 35.5. The Morgan fingerprint density at radius 2 is 1.86 bits per heavy atom. The molecule has 2 N–H and O–H groups in total. The molecule has 0 bridgehead atoms. The van der Waals surface area contributed by atoms with E-state index in [0.29, 0.717) is 13.1 Å². The van der Waals surface area contributed by atoms with E-state index in [-0.39, 0.29) is 30.7 Å². The highest BCUT2D eigenvalue weighted by Gasteiger charge is 2.11. The molecule has 1 aromatic rings. The number of likely N-dealkylation sites (N-methyl/N-ethyl adjacent to an activating group) is 1. The first-order valence-electron chi connectivity index (χ1n) is 6.99. The zero-order chi connectivity index (χ0) is 13.5. The molecule has 1 aliphatic rings. The van der Waals surface area contributed by atoms with Crippen LogP contribution in [-0.4, -0.2) is 37.5 Å². The Hall–Kier alpha value is -0.810. The molecule has 4 nitrogen and oxygen atoms in total. The maximum absolute atomic E-state index is 11.4. The zero-order valence-electron chi connectivity index (χ0n) is 12.4. The van der Waals surface area contributed by atoms with E-state index in [0.717, 1.165) is 6.54 Å². The van der Waals surface area contributed by atoms with Crippen molar-refractivity contribution in [2.45, 2.75) is 25.9 Å². The first kappa shape index (κ1) is 20.2. The minimum Gasteiger partial charge on any atom is -0.351 e. The standard InChI is InChI=1S/C15H23N3O.2ClH/c1-16-11-15(19)17-10-13-5-4-6-14(9-13)12-18-7-2-3-8-18;;/h4-6,9,16H,2-3,7-8,10-12H2,1H3,(H,17,19);2*1H. The number of amides is 1. The molecule has 0 atom stereocenters. The molecule has 1 amide bonds. The maximum atomic E-state index is 11.4. The van der Waals surface area contributed by atoms with Gasteiger partial charge in [0.15, 0.2) is 0 Å². The molecule has 0 unspecified atom stereocenters. The van der Waals surface area contributed by atoms with Gasteiger partial charge in [0.25, 0.3) is 0 Å². The Labute approximate surface area is 139 Å². The number of rotatable bonds is 6. The Balaban J connectivity index is 0.00000200. The van der Waals surface area contributed by atoms with Gasteiger partial charge in [0.05, 0.1) is 6.54 Å². The number of halogens is 2. The van der Waals surface area contributed by atoms with Gasteiger partial charge in [-0.3, -0.25) is 9.69 Å². The van der Waals surface area contributed by atoms with Gasteiger partial charge in [-0.05, 0) is 44.1 Å². The fraction of sp³-hybridized carbons (Fsp3) is 0.533. The second kappa shape index (κ2) is 10.9. The van der Waals surface area contributed by atoms with Crippen LogP contribution < -0.4 is 10.6 Å². The number of carbonyl (C=O) groups excluding carboxylic acids is 1. The first-order valence-corrected chi connectivity index (χ1v) is 6.99. The van der Waals surface area contributed by atoms with Crippen molar-refractivity contribution in [1.29, 1.82) is 0 Å². The summed E-state index contributed by atoms with van der Waals surface area (Å²) >= 11 is 0. The number of nitrogens with one attached hydrogen (secondary N) is 2. The molecule has 2 rings (SSSR count). The minimum absolute atomic E-state index is 0. The van der Waals surface area contributed by atoms with Gasteiger partial charge in [0.1, 0.15) is 0 Å². The monoisotopic (exact) mass is 333 g/mol. The van der Waals surface area contributed by atoms with Gasteiger partial charge in [-0.15, -0.1) is 24.8 Å². The van der Waals surface area contributed by atoms with Gasteiger partial charge in [-0.25, -0.2) is 0 Å². The first-order chi connectivity index (χ1) is 9.28. The average Bonchev–Trinajstić information content (AvgIpc) is 2.90. The third kappa shape index (κ3) is 7.14. The molecular formula is C15H25Cl2N3O. The highest BCUT2D eigenvalue weighted by molar-refractivity contribution is 5.85. The highest BCUT2D eigenvalue weighted by Crippen LogP contribution is 2.13. The molecule has 1 fully saturated rings. The third-order valence-corrected chi connectivity index (χ3v) is 3.42. The fourth-order valence-electron chi connectivity index (χ4n) is 2.46. The van der Waals surface area contributed by atoms with Crippen molar-refractivity contribution in [1.82, 2.24) is 15.5 Å². The topological polar surface area (TPSA) is 44.4 Å². The SMILES string of the molecule is CNCC(=O)NCc1cccc(CN2CCCC2)c1.Cl.Cl. The molecule has 1 heterocycles. The number of carbonyl (C=O) groups is 1. The van der Waals surface area contributed by atoms with Gasteiger partial charge in [0.2, 0.25) is 5.91 Å². The van der Waals surface area contributed by atoms with Crippen LogP contribution in [0, 0.1) is 0 Å². The summed E-state index contributed by atoms with van der Waals surface area (Å²) in [5.74, 6) is 0.0347. The van der Waals surface area contributed by atoms with Crippen LogP contribution in [0.4, 0.5) is 0 Å². The maximum Gasteiger partial charge on any atom is 0.234 e. The normalized spacial score (nSPS) is 14.1. The molecule has 0 aliphatic carbocycles. The quantitative estimate of drug-likeness (QED) is 0.836. The second-order valence-electron chi connectivity index (χ2n) is 5.11. The lowest BCUT2D eigenvalue weighted by atomic mass is 10.1. The molecule has 1 aromatic carbocycles. The molecular weight excluding hydrogens is 309 g/mol. The van der Waals surface area contributed by atoms with Crippen LogP contribution in [0.2, 0.25) is 0 Å². The lowest BCUT2D eigenvalue weighted by Crippen LogP contribution is -2.31. The molecule has 1 aliphatic heterocycles. The van der Waals surface area contributed by atoms with Crippen LogP contribution in [0.1, 0.15) is 24.0 Å². The summed E-state index contributed by atoms with van der Waals surface area (Å²) in [6.07, 6.45) is 2.64. The molecule has 21 heavy (non-hydrogen) atoms. The molecule has 0 aromatic heterocycles. The molecule has 0 radical (unpaired) electrons.